The van der Waals surface area contributed by atoms with Gasteiger partial charge in [-0.25, -0.2) is 36.3 Å². The molecule has 2 aromatic heterocycles. The summed E-state index contributed by atoms with van der Waals surface area (Å²) < 4.78 is 245. The van der Waals surface area contributed by atoms with E-state index in [1.165, 1.54) is 6.07 Å². The zero-order valence-corrected chi connectivity index (χ0v) is 24.0. The molecule has 3 aromatic rings. The molecule has 0 amide bonds. The number of nitriles is 2. The molecule has 21 heteroatoms. The van der Waals surface area contributed by atoms with Gasteiger partial charge in [0, 0.05) is 16.7 Å². The molecule has 2 aliphatic rings. The lowest BCUT2D eigenvalue weighted by Gasteiger charge is -2.28. The van der Waals surface area contributed by atoms with Crippen molar-refractivity contribution in [2.24, 2.45) is 5.92 Å². The number of hydrogen-bond donors (Lipinski definition) is 0. The SMILES string of the molecule is CC1C(c2c(F)c(F)nc(C(F)(F)F)c2F)=C2C(=C(C#N)c3cc(C(F)(F)F)cc(c3)C1(F)F)C2=C(C#N)c1c(F)c(F)nc(C(F)(F)F)c1F. The van der Waals surface area contributed by atoms with Crippen molar-refractivity contribution in [3.63, 3.8) is 0 Å². The highest BCUT2D eigenvalue weighted by atomic mass is 19.4. The second-order valence-electron chi connectivity index (χ2n) is 10.7. The van der Waals surface area contributed by atoms with E-state index in [2.05, 4.69) is 9.97 Å². The first-order valence-corrected chi connectivity index (χ1v) is 13.2. The molecule has 0 radical (unpaired) electrons. The lowest BCUT2D eigenvalue weighted by Crippen LogP contribution is -2.27. The summed E-state index contributed by atoms with van der Waals surface area (Å²) in [5, 5.41) is 19.9. The molecule has 1 saturated carbocycles. The van der Waals surface area contributed by atoms with Gasteiger partial charge in [0.05, 0.1) is 33.8 Å². The third kappa shape index (κ3) is 5.73. The molecule has 2 heterocycles. The lowest BCUT2D eigenvalue weighted by molar-refractivity contribution is -0.145. The van der Waals surface area contributed by atoms with Crippen LogP contribution in [0.2, 0.25) is 0 Å². The summed E-state index contributed by atoms with van der Waals surface area (Å²) in [5.74, 6) is -24.8. The minimum absolute atomic E-state index is 0.0322. The van der Waals surface area contributed by atoms with Crippen molar-refractivity contribution in [2.45, 2.75) is 31.4 Å². The molecule has 1 atom stereocenters. The predicted molar refractivity (Wildman–Crippen MR) is 135 cm³/mol. The first kappa shape index (κ1) is 36.8. The van der Waals surface area contributed by atoms with Gasteiger partial charge in [0.1, 0.15) is 12.1 Å². The Morgan fingerprint density at radius 3 is 1.73 bits per heavy atom. The topological polar surface area (TPSA) is 73.4 Å². The Morgan fingerprint density at radius 1 is 0.706 bits per heavy atom. The van der Waals surface area contributed by atoms with Crippen LogP contribution in [0.1, 0.15) is 46.1 Å². The molecule has 2 bridgehead atoms. The number of benzene rings is 1. The van der Waals surface area contributed by atoms with Gasteiger partial charge in [-0.05, 0) is 34.9 Å². The Kier molecular flexibility index (Phi) is 8.32. The minimum Gasteiger partial charge on any atom is -0.209 e. The van der Waals surface area contributed by atoms with E-state index in [-0.39, 0.29) is 25.1 Å². The predicted octanol–water partition coefficient (Wildman–Crippen LogP) is 9.83. The maximum Gasteiger partial charge on any atom is 0.436 e. The summed E-state index contributed by atoms with van der Waals surface area (Å²) in [5.41, 5.74) is -24.4. The third-order valence-corrected chi connectivity index (χ3v) is 7.72. The largest absolute Gasteiger partial charge is 0.436 e. The fraction of sp³-hybridized carbons (Fsp3) is 0.200. The number of halogens is 17. The smallest absolute Gasteiger partial charge is 0.209 e. The van der Waals surface area contributed by atoms with E-state index in [0.29, 0.717) is 0 Å². The molecule has 0 spiro atoms. The maximum atomic E-state index is 16.2. The van der Waals surface area contributed by atoms with E-state index in [4.69, 9.17) is 0 Å². The summed E-state index contributed by atoms with van der Waals surface area (Å²) in [6.45, 7) is 0.221. The Morgan fingerprint density at radius 2 is 1.24 bits per heavy atom. The van der Waals surface area contributed by atoms with Crippen LogP contribution in [0.3, 0.4) is 0 Å². The first-order valence-electron chi connectivity index (χ1n) is 13.2. The fourth-order valence-electron chi connectivity index (χ4n) is 5.44. The van der Waals surface area contributed by atoms with Crippen LogP contribution < -0.4 is 0 Å². The molecular weight excluding hydrogens is 739 g/mol. The summed E-state index contributed by atoms with van der Waals surface area (Å²) >= 11 is 0. The van der Waals surface area contributed by atoms with Crippen molar-refractivity contribution in [1.82, 2.24) is 9.97 Å². The highest BCUT2D eigenvalue weighted by Crippen LogP contribution is 2.61. The Labute approximate surface area is 271 Å². The van der Waals surface area contributed by atoms with E-state index >= 15 is 26.3 Å². The van der Waals surface area contributed by atoms with Crippen molar-refractivity contribution in [3.05, 3.63) is 109 Å². The molecule has 4 nitrogen and oxygen atoms in total. The molecule has 1 fully saturated rings. The van der Waals surface area contributed by atoms with Crippen molar-refractivity contribution in [1.29, 1.82) is 10.5 Å². The van der Waals surface area contributed by atoms with Crippen molar-refractivity contribution < 1.29 is 74.6 Å². The molecule has 5 rings (SSSR count). The van der Waals surface area contributed by atoms with E-state index < -0.39 is 138 Å². The third-order valence-electron chi connectivity index (χ3n) is 7.72. The van der Waals surface area contributed by atoms with Crippen LogP contribution in [0.25, 0.3) is 16.7 Å². The van der Waals surface area contributed by atoms with E-state index in [9.17, 15) is 58.8 Å². The number of hydrogen-bond acceptors (Lipinski definition) is 4. The van der Waals surface area contributed by atoms with Gasteiger partial charge in [-0.1, -0.05) is 6.92 Å². The van der Waals surface area contributed by atoms with Gasteiger partial charge in [-0.3, -0.25) is 0 Å². The normalized spacial score (nSPS) is 18.4. The first-order chi connectivity index (χ1) is 23.3. The number of alkyl halides is 11. The number of pyridine rings is 2. The highest BCUT2D eigenvalue weighted by molar-refractivity contribution is 6.11. The summed E-state index contributed by atoms with van der Waals surface area (Å²) in [7, 11) is 0. The Balaban J connectivity index is 2.11. The average molecular weight is 746 g/mol. The zero-order chi connectivity index (χ0) is 38.5. The van der Waals surface area contributed by atoms with Crippen LogP contribution in [0, 0.1) is 63.7 Å². The zero-order valence-electron chi connectivity index (χ0n) is 24.0. The average Bonchev–Trinajstić information content (AvgIpc) is 3.72. The van der Waals surface area contributed by atoms with Gasteiger partial charge in [-0.15, -0.1) is 0 Å². The van der Waals surface area contributed by atoms with Crippen molar-refractivity contribution >= 4 is 16.7 Å². The molecule has 266 valence electrons. The quantitative estimate of drug-likeness (QED) is 0.149. The number of rotatable bonds is 2. The molecule has 0 saturated heterocycles. The van der Waals surface area contributed by atoms with Gasteiger partial charge in [-0.2, -0.15) is 58.8 Å². The van der Waals surface area contributed by atoms with Crippen LogP contribution in [0.15, 0.2) is 34.9 Å². The Hall–Kier alpha value is -5.47. The van der Waals surface area contributed by atoms with Gasteiger partial charge in [0.25, 0.3) is 5.92 Å². The minimum atomic E-state index is -6.01. The monoisotopic (exact) mass is 746 g/mol. The van der Waals surface area contributed by atoms with E-state index in [0.717, 1.165) is 6.07 Å². The Bertz CT molecular complexity index is 2240. The van der Waals surface area contributed by atoms with Crippen LogP contribution in [0.5, 0.6) is 0 Å². The number of nitrogens with zero attached hydrogens (tertiary/aromatic N) is 4. The second kappa shape index (κ2) is 11.5. The van der Waals surface area contributed by atoms with Crippen LogP contribution >= 0.6 is 0 Å². The maximum absolute atomic E-state index is 16.2. The van der Waals surface area contributed by atoms with Gasteiger partial charge in [0.2, 0.25) is 11.9 Å². The molecular formula is C30H7F17N4. The fourth-order valence-corrected chi connectivity index (χ4v) is 5.44. The van der Waals surface area contributed by atoms with Gasteiger partial charge >= 0.3 is 18.5 Å². The molecule has 0 N–H and O–H groups in total. The van der Waals surface area contributed by atoms with Crippen molar-refractivity contribution in [3.8, 4) is 12.1 Å². The van der Waals surface area contributed by atoms with Crippen LogP contribution in [-0.2, 0) is 24.5 Å². The van der Waals surface area contributed by atoms with Crippen LogP contribution in [-0.4, -0.2) is 9.97 Å². The van der Waals surface area contributed by atoms with Gasteiger partial charge in [0.15, 0.2) is 34.7 Å². The molecule has 1 aromatic carbocycles. The molecule has 1 unspecified atom stereocenters. The summed E-state index contributed by atoms with van der Waals surface area (Å²) in [6, 6.07) is 2.09. The highest BCUT2D eigenvalue weighted by Gasteiger charge is 2.53. The number of aromatic nitrogens is 2. The number of fused-ring (bicyclic) bond motifs is 3. The molecule has 2 aliphatic carbocycles. The standard InChI is InChI=1S/C30H7F17N4/c1-7-13(18-20(32)24(30(45,46)47)51-26(36)22(18)34)17-14(11(5-48)8-2-9(27(7,37)38)4-10(3-8)28(39,40)41)15(17)12(6-49)16-19(31)23(29(42,43)44)50-25(35)21(16)33/h2-4,7H,1H3. The molecule has 0 aliphatic heterocycles. The second-order valence-corrected chi connectivity index (χ2v) is 10.7. The van der Waals surface area contributed by atoms with Gasteiger partial charge < -0.3 is 0 Å². The summed E-state index contributed by atoms with van der Waals surface area (Å²) in [4.78, 5) is 4.14. The summed E-state index contributed by atoms with van der Waals surface area (Å²) in [6.07, 6.45) is -17.4. The molecule has 51 heavy (non-hydrogen) atoms. The van der Waals surface area contributed by atoms with E-state index in [1.54, 1.807) is 0 Å². The van der Waals surface area contributed by atoms with Crippen LogP contribution in [0.4, 0.5) is 74.6 Å². The lowest BCUT2D eigenvalue weighted by atomic mass is 9.83. The van der Waals surface area contributed by atoms with Crippen molar-refractivity contribution in [2.75, 3.05) is 0 Å². The van der Waals surface area contributed by atoms with E-state index in [1.807, 2.05) is 0 Å². The number of allylic oxidation sites excluding steroid dienone is 6.